The van der Waals surface area contributed by atoms with Crippen LogP contribution in [0.3, 0.4) is 0 Å². The van der Waals surface area contributed by atoms with Crippen LogP contribution in [0.2, 0.25) is 0 Å². The highest BCUT2D eigenvalue weighted by Crippen LogP contribution is 2.40. The van der Waals surface area contributed by atoms with Crippen LogP contribution in [0.4, 0.5) is 14.5 Å². The van der Waals surface area contributed by atoms with Crippen molar-refractivity contribution in [3.05, 3.63) is 24.1 Å². The van der Waals surface area contributed by atoms with Crippen molar-refractivity contribution in [2.45, 2.75) is 37.1 Å². The van der Waals surface area contributed by atoms with Crippen molar-refractivity contribution in [1.29, 1.82) is 0 Å². The fourth-order valence-electron chi connectivity index (χ4n) is 2.66. The molecule has 7 heteroatoms. The molecule has 0 spiro atoms. The van der Waals surface area contributed by atoms with Crippen LogP contribution in [-0.4, -0.2) is 29.4 Å². The van der Waals surface area contributed by atoms with Crippen molar-refractivity contribution in [2.24, 2.45) is 0 Å². The highest BCUT2D eigenvalue weighted by molar-refractivity contribution is 5.96. The molecule has 1 saturated carbocycles. The van der Waals surface area contributed by atoms with E-state index in [0.29, 0.717) is 22.7 Å². The summed E-state index contributed by atoms with van der Waals surface area (Å²) in [5, 5.41) is 5.19. The third kappa shape index (κ3) is 2.56. The van der Waals surface area contributed by atoms with Crippen molar-refractivity contribution >= 4 is 22.7 Å². The molecule has 22 heavy (non-hydrogen) atoms. The van der Waals surface area contributed by atoms with E-state index in [2.05, 4.69) is 15.6 Å². The molecule has 1 aromatic heterocycles. The maximum atomic E-state index is 13.1. The first-order chi connectivity index (χ1) is 10.5. The number of nitrogens with one attached hydrogen (secondary N) is 2. The SMILES string of the molecule is O=C(Nc1ccc2oc(C3CC3)nc2c1)C1CC(F)(F)CN1. The van der Waals surface area contributed by atoms with Gasteiger partial charge in [-0.25, -0.2) is 13.8 Å². The first-order valence-electron chi connectivity index (χ1n) is 7.33. The second kappa shape index (κ2) is 4.74. The Kier molecular flexibility index (Phi) is 2.94. The number of hydrogen-bond acceptors (Lipinski definition) is 4. The van der Waals surface area contributed by atoms with E-state index in [1.807, 2.05) is 0 Å². The van der Waals surface area contributed by atoms with Gasteiger partial charge in [-0.3, -0.25) is 10.1 Å². The molecule has 2 aliphatic rings. The van der Waals surface area contributed by atoms with Gasteiger partial charge in [0.1, 0.15) is 5.52 Å². The summed E-state index contributed by atoms with van der Waals surface area (Å²) in [6.45, 7) is -0.460. The predicted octanol–water partition coefficient (Wildman–Crippen LogP) is 2.64. The van der Waals surface area contributed by atoms with Gasteiger partial charge in [0.25, 0.3) is 5.92 Å². The van der Waals surface area contributed by atoms with Gasteiger partial charge in [0, 0.05) is 18.0 Å². The van der Waals surface area contributed by atoms with Crippen LogP contribution in [0.25, 0.3) is 11.1 Å². The Morgan fingerprint density at radius 1 is 1.41 bits per heavy atom. The van der Waals surface area contributed by atoms with Crippen LogP contribution in [0.15, 0.2) is 22.6 Å². The Bertz CT molecular complexity index is 739. The average Bonchev–Trinajstić information content (AvgIpc) is 3.13. The molecule has 1 amide bonds. The normalized spacial score (nSPS) is 23.8. The fourth-order valence-corrected chi connectivity index (χ4v) is 2.66. The van der Waals surface area contributed by atoms with Gasteiger partial charge >= 0.3 is 0 Å². The number of aromatic nitrogens is 1. The number of carbonyl (C=O) groups excluding carboxylic acids is 1. The smallest absolute Gasteiger partial charge is 0.262 e. The van der Waals surface area contributed by atoms with E-state index in [9.17, 15) is 13.6 Å². The predicted molar refractivity (Wildman–Crippen MR) is 76.0 cm³/mol. The highest BCUT2D eigenvalue weighted by Gasteiger charge is 2.42. The zero-order valence-electron chi connectivity index (χ0n) is 11.7. The maximum Gasteiger partial charge on any atom is 0.262 e. The Morgan fingerprint density at radius 2 is 2.23 bits per heavy atom. The molecule has 4 rings (SSSR count). The van der Waals surface area contributed by atoms with Crippen molar-refractivity contribution in [3.8, 4) is 0 Å². The maximum absolute atomic E-state index is 13.1. The van der Waals surface area contributed by atoms with Gasteiger partial charge in [-0.15, -0.1) is 0 Å². The molecule has 1 aliphatic carbocycles. The summed E-state index contributed by atoms with van der Waals surface area (Å²) in [5.74, 6) is -2.13. The first kappa shape index (κ1) is 13.6. The minimum Gasteiger partial charge on any atom is -0.440 e. The lowest BCUT2D eigenvalue weighted by atomic mass is 10.2. The van der Waals surface area contributed by atoms with Crippen LogP contribution in [0.5, 0.6) is 0 Å². The lowest BCUT2D eigenvalue weighted by Crippen LogP contribution is -2.35. The van der Waals surface area contributed by atoms with Crippen LogP contribution < -0.4 is 10.6 Å². The average molecular weight is 307 g/mol. The lowest BCUT2D eigenvalue weighted by Gasteiger charge is -2.11. The number of oxazole rings is 1. The number of benzene rings is 1. The Morgan fingerprint density at radius 3 is 2.91 bits per heavy atom. The van der Waals surface area contributed by atoms with Crippen LogP contribution >= 0.6 is 0 Å². The molecule has 2 heterocycles. The van der Waals surface area contributed by atoms with Gasteiger partial charge in [0.15, 0.2) is 11.5 Å². The third-order valence-corrected chi connectivity index (χ3v) is 4.02. The van der Waals surface area contributed by atoms with Crippen LogP contribution in [-0.2, 0) is 4.79 Å². The van der Waals surface area contributed by atoms with Crippen molar-refractivity contribution in [2.75, 3.05) is 11.9 Å². The van der Waals surface area contributed by atoms with Crippen molar-refractivity contribution in [3.63, 3.8) is 0 Å². The van der Waals surface area contributed by atoms with Crippen LogP contribution in [0.1, 0.15) is 31.1 Å². The van der Waals surface area contributed by atoms with E-state index in [-0.39, 0.29) is 0 Å². The molecule has 116 valence electrons. The molecule has 1 aliphatic heterocycles. The van der Waals surface area contributed by atoms with E-state index < -0.39 is 30.8 Å². The van der Waals surface area contributed by atoms with Gasteiger partial charge in [-0.1, -0.05) is 0 Å². The van der Waals surface area contributed by atoms with Gasteiger partial charge < -0.3 is 9.73 Å². The van der Waals surface area contributed by atoms with Gasteiger partial charge in [-0.05, 0) is 31.0 Å². The Balaban J connectivity index is 1.50. The second-order valence-corrected chi connectivity index (χ2v) is 5.99. The van der Waals surface area contributed by atoms with Crippen LogP contribution in [0, 0.1) is 0 Å². The molecule has 1 saturated heterocycles. The molecule has 2 N–H and O–H groups in total. The summed E-state index contributed by atoms with van der Waals surface area (Å²) in [6.07, 6.45) is 1.72. The summed E-state index contributed by atoms with van der Waals surface area (Å²) in [7, 11) is 0. The number of hydrogen-bond donors (Lipinski definition) is 2. The monoisotopic (exact) mass is 307 g/mol. The zero-order chi connectivity index (χ0) is 15.3. The molecule has 1 atom stereocenters. The van der Waals surface area contributed by atoms with E-state index in [4.69, 9.17) is 4.42 Å². The van der Waals surface area contributed by atoms with Crippen molar-refractivity contribution in [1.82, 2.24) is 10.3 Å². The summed E-state index contributed by atoms with van der Waals surface area (Å²) in [4.78, 5) is 16.4. The summed E-state index contributed by atoms with van der Waals surface area (Å²) < 4.78 is 31.9. The Hall–Kier alpha value is -2.02. The first-order valence-corrected chi connectivity index (χ1v) is 7.33. The number of alkyl halides is 2. The molecule has 1 unspecified atom stereocenters. The molecular formula is C15H15F2N3O2. The molecule has 2 fully saturated rings. The minimum absolute atomic E-state index is 0.412. The number of carbonyl (C=O) groups is 1. The summed E-state index contributed by atoms with van der Waals surface area (Å²) >= 11 is 0. The van der Waals surface area contributed by atoms with Gasteiger partial charge in [-0.2, -0.15) is 0 Å². The number of amides is 1. The lowest BCUT2D eigenvalue weighted by molar-refractivity contribution is -0.118. The van der Waals surface area contributed by atoms with E-state index in [0.717, 1.165) is 18.7 Å². The standard InChI is InChI=1S/C15H15F2N3O2/c16-15(17)6-11(18-7-15)13(21)19-9-3-4-12-10(5-9)20-14(22-12)8-1-2-8/h3-5,8,11,18H,1-2,6-7H2,(H,19,21). The van der Waals surface area contributed by atoms with Gasteiger partial charge in [0.05, 0.1) is 12.6 Å². The highest BCUT2D eigenvalue weighted by atomic mass is 19.3. The number of fused-ring (bicyclic) bond motifs is 1. The number of halogens is 2. The fraction of sp³-hybridized carbons (Fsp3) is 0.467. The molecule has 1 aromatic carbocycles. The number of anilines is 1. The van der Waals surface area contributed by atoms with Gasteiger partial charge in [0.2, 0.25) is 5.91 Å². The Labute approximate surface area is 125 Å². The van der Waals surface area contributed by atoms with E-state index in [1.165, 1.54) is 0 Å². The van der Waals surface area contributed by atoms with Crippen molar-refractivity contribution < 1.29 is 18.0 Å². The molecule has 5 nitrogen and oxygen atoms in total. The van der Waals surface area contributed by atoms with E-state index in [1.54, 1.807) is 18.2 Å². The number of nitrogens with zero attached hydrogens (tertiary/aromatic N) is 1. The largest absolute Gasteiger partial charge is 0.440 e. The third-order valence-electron chi connectivity index (χ3n) is 4.02. The topological polar surface area (TPSA) is 67.2 Å². The molecular weight excluding hydrogens is 292 g/mol. The quantitative estimate of drug-likeness (QED) is 0.915. The summed E-state index contributed by atoms with van der Waals surface area (Å²) in [6, 6.07) is 4.26. The summed E-state index contributed by atoms with van der Waals surface area (Å²) in [5.41, 5.74) is 1.87. The molecule has 0 bridgehead atoms. The molecule has 0 radical (unpaired) electrons. The second-order valence-electron chi connectivity index (χ2n) is 5.99. The number of rotatable bonds is 3. The zero-order valence-corrected chi connectivity index (χ0v) is 11.7. The molecule has 2 aromatic rings. The van der Waals surface area contributed by atoms with E-state index >= 15 is 0 Å². The minimum atomic E-state index is -2.82.